The topological polar surface area (TPSA) is 64.3 Å². The monoisotopic (exact) mass is 276 g/mol. The van der Waals surface area contributed by atoms with Crippen molar-refractivity contribution in [3.63, 3.8) is 0 Å². The third kappa shape index (κ3) is 3.06. The molecule has 0 bridgehead atoms. The Balaban J connectivity index is 2.06. The molecule has 4 nitrogen and oxygen atoms in total. The predicted molar refractivity (Wildman–Crippen MR) is 77.6 cm³/mol. The van der Waals surface area contributed by atoms with Gasteiger partial charge in [0.15, 0.2) is 0 Å². The molecule has 0 spiro atoms. The fourth-order valence-corrected chi connectivity index (χ4v) is 2.55. The minimum absolute atomic E-state index is 0.135. The van der Waals surface area contributed by atoms with E-state index in [-0.39, 0.29) is 5.91 Å². The Hall–Kier alpha value is -2.01. The quantitative estimate of drug-likeness (QED) is 0.844. The van der Waals surface area contributed by atoms with Crippen molar-refractivity contribution in [2.45, 2.75) is 13.5 Å². The van der Waals surface area contributed by atoms with Crippen LogP contribution in [0.5, 0.6) is 5.75 Å². The minimum atomic E-state index is -0.135. The highest BCUT2D eigenvalue weighted by Gasteiger charge is 2.09. The zero-order valence-corrected chi connectivity index (χ0v) is 11.7. The molecule has 0 aliphatic rings. The van der Waals surface area contributed by atoms with Gasteiger partial charge in [0.05, 0.1) is 12.8 Å². The molecule has 0 aliphatic carbocycles. The summed E-state index contributed by atoms with van der Waals surface area (Å²) >= 11 is 1.63. The summed E-state index contributed by atoms with van der Waals surface area (Å²) in [5.41, 5.74) is 9.11. The summed E-state index contributed by atoms with van der Waals surface area (Å²) in [7, 11) is 1.53. The van der Waals surface area contributed by atoms with Crippen LogP contribution in [0.15, 0.2) is 29.0 Å². The zero-order valence-electron chi connectivity index (χ0n) is 10.9. The van der Waals surface area contributed by atoms with Crippen LogP contribution in [0.4, 0.5) is 5.69 Å². The first kappa shape index (κ1) is 13.4. The lowest BCUT2D eigenvalue weighted by atomic mass is 10.1. The average molecular weight is 276 g/mol. The van der Waals surface area contributed by atoms with Crippen molar-refractivity contribution in [1.29, 1.82) is 0 Å². The number of hydrogen-bond acceptors (Lipinski definition) is 4. The SMILES string of the molecule is COc1cc(C(=O)NCc2cscc2C)ccc1N. The van der Waals surface area contributed by atoms with Gasteiger partial charge < -0.3 is 15.8 Å². The molecule has 0 aliphatic heterocycles. The van der Waals surface area contributed by atoms with Crippen LogP contribution < -0.4 is 15.8 Å². The van der Waals surface area contributed by atoms with Gasteiger partial charge in [0, 0.05) is 12.1 Å². The lowest BCUT2D eigenvalue weighted by Gasteiger charge is -2.08. The molecule has 100 valence electrons. The van der Waals surface area contributed by atoms with Crippen molar-refractivity contribution >= 4 is 22.9 Å². The second-order valence-electron chi connectivity index (χ2n) is 4.22. The fourth-order valence-electron chi connectivity index (χ4n) is 1.70. The Kier molecular flexibility index (Phi) is 4.06. The highest BCUT2D eigenvalue weighted by molar-refractivity contribution is 7.08. The minimum Gasteiger partial charge on any atom is -0.495 e. The van der Waals surface area contributed by atoms with E-state index < -0.39 is 0 Å². The number of aryl methyl sites for hydroxylation is 1. The van der Waals surface area contributed by atoms with Gasteiger partial charge in [-0.1, -0.05) is 0 Å². The van der Waals surface area contributed by atoms with E-state index in [0.29, 0.717) is 23.5 Å². The number of rotatable bonds is 4. The van der Waals surface area contributed by atoms with Gasteiger partial charge in [-0.05, 0) is 47.0 Å². The van der Waals surface area contributed by atoms with Crippen LogP contribution in [-0.2, 0) is 6.54 Å². The van der Waals surface area contributed by atoms with Gasteiger partial charge >= 0.3 is 0 Å². The molecule has 2 aromatic rings. The molecular formula is C14H16N2O2S. The summed E-state index contributed by atoms with van der Waals surface area (Å²) in [6, 6.07) is 5.00. The molecule has 2 rings (SSSR count). The molecule has 5 heteroatoms. The standard InChI is InChI=1S/C14H16N2O2S/c1-9-7-19-8-11(9)6-16-14(17)10-3-4-12(15)13(5-10)18-2/h3-5,7-8H,6,15H2,1-2H3,(H,16,17). The van der Waals surface area contributed by atoms with Gasteiger partial charge in [-0.3, -0.25) is 4.79 Å². The summed E-state index contributed by atoms with van der Waals surface area (Å²) in [5.74, 6) is 0.378. The molecular weight excluding hydrogens is 260 g/mol. The molecule has 3 N–H and O–H groups in total. The Bertz CT molecular complexity index is 593. The molecule has 19 heavy (non-hydrogen) atoms. The number of ether oxygens (including phenoxy) is 1. The first-order valence-corrected chi connectivity index (χ1v) is 6.79. The number of amides is 1. The molecule has 0 saturated carbocycles. The molecule has 0 atom stereocenters. The number of nitrogens with one attached hydrogen (secondary N) is 1. The van der Waals surface area contributed by atoms with Gasteiger partial charge in [-0.2, -0.15) is 11.3 Å². The first-order valence-electron chi connectivity index (χ1n) is 5.85. The van der Waals surface area contributed by atoms with Gasteiger partial charge in [0.25, 0.3) is 5.91 Å². The largest absolute Gasteiger partial charge is 0.495 e. The Morgan fingerprint density at radius 3 is 2.84 bits per heavy atom. The highest BCUT2D eigenvalue weighted by atomic mass is 32.1. The Labute approximate surface area is 116 Å². The Morgan fingerprint density at radius 2 is 2.21 bits per heavy atom. The normalized spacial score (nSPS) is 10.2. The lowest BCUT2D eigenvalue weighted by Crippen LogP contribution is -2.22. The van der Waals surface area contributed by atoms with Crippen molar-refractivity contribution < 1.29 is 9.53 Å². The summed E-state index contributed by atoms with van der Waals surface area (Å²) in [6.45, 7) is 2.56. The molecule has 0 unspecified atom stereocenters. The molecule has 1 heterocycles. The van der Waals surface area contributed by atoms with Crippen LogP contribution in [-0.4, -0.2) is 13.0 Å². The molecule has 1 aromatic heterocycles. The van der Waals surface area contributed by atoms with E-state index in [1.54, 1.807) is 29.5 Å². The number of carbonyl (C=O) groups excluding carboxylic acids is 1. The van der Waals surface area contributed by atoms with Crippen molar-refractivity contribution in [3.8, 4) is 5.75 Å². The predicted octanol–water partition coefficient (Wildman–Crippen LogP) is 2.58. The van der Waals surface area contributed by atoms with E-state index >= 15 is 0 Å². The number of thiophene rings is 1. The number of hydrogen-bond donors (Lipinski definition) is 2. The van der Waals surface area contributed by atoms with E-state index in [9.17, 15) is 4.79 Å². The van der Waals surface area contributed by atoms with Crippen molar-refractivity contribution in [2.75, 3.05) is 12.8 Å². The van der Waals surface area contributed by atoms with Crippen molar-refractivity contribution in [2.24, 2.45) is 0 Å². The van der Waals surface area contributed by atoms with Crippen LogP contribution in [0.1, 0.15) is 21.5 Å². The van der Waals surface area contributed by atoms with Crippen LogP contribution >= 0.6 is 11.3 Å². The molecule has 0 fully saturated rings. The summed E-state index contributed by atoms with van der Waals surface area (Å²) in [4.78, 5) is 12.0. The average Bonchev–Trinajstić information content (AvgIpc) is 2.82. The highest BCUT2D eigenvalue weighted by Crippen LogP contribution is 2.22. The number of anilines is 1. The van der Waals surface area contributed by atoms with Crippen LogP contribution in [0.25, 0.3) is 0 Å². The fraction of sp³-hybridized carbons (Fsp3) is 0.214. The molecule has 1 amide bonds. The number of methoxy groups -OCH3 is 1. The van der Waals surface area contributed by atoms with Crippen LogP contribution in [0.3, 0.4) is 0 Å². The first-order chi connectivity index (χ1) is 9.11. The van der Waals surface area contributed by atoms with Crippen LogP contribution in [0.2, 0.25) is 0 Å². The van der Waals surface area contributed by atoms with Crippen LogP contribution in [0, 0.1) is 6.92 Å². The maximum Gasteiger partial charge on any atom is 0.251 e. The van der Waals surface area contributed by atoms with Gasteiger partial charge in [0.2, 0.25) is 0 Å². The smallest absolute Gasteiger partial charge is 0.251 e. The number of nitrogens with two attached hydrogens (primary N) is 1. The number of benzene rings is 1. The summed E-state index contributed by atoms with van der Waals surface area (Å²) < 4.78 is 5.10. The van der Waals surface area contributed by atoms with Crippen molar-refractivity contribution in [3.05, 3.63) is 45.6 Å². The lowest BCUT2D eigenvalue weighted by molar-refractivity contribution is 0.0950. The number of nitrogen functional groups attached to an aromatic ring is 1. The third-order valence-electron chi connectivity index (χ3n) is 2.90. The zero-order chi connectivity index (χ0) is 13.8. The van der Waals surface area contributed by atoms with Crippen molar-refractivity contribution in [1.82, 2.24) is 5.32 Å². The Morgan fingerprint density at radius 1 is 1.42 bits per heavy atom. The maximum absolute atomic E-state index is 12.0. The molecule has 1 aromatic carbocycles. The second kappa shape index (κ2) is 5.75. The van der Waals surface area contributed by atoms with Gasteiger partial charge in [-0.25, -0.2) is 0 Å². The van der Waals surface area contributed by atoms with E-state index in [2.05, 4.69) is 10.7 Å². The maximum atomic E-state index is 12.0. The molecule has 0 saturated heterocycles. The van der Waals surface area contributed by atoms with E-state index in [1.807, 2.05) is 12.3 Å². The summed E-state index contributed by atoms with van der Waals surface area (Å²) in [5, 5.41) is 6.99. The van der Waals surface area contributed by atoms with E-state index in [0.717, 1.165) is 5.56 Å². The number of carbonyl (C=O) groups is 1. The van der Waals surface area contributed by atoms with E-state index in [4.69, 9.17) is 10.5 Å². The van der Waals surface area contributed by atoms with Gasteiger partial charge in [-0.15, -0.1) is 0 Å². The third-order valence-corrected chi connectivity index (χ3v) is 3.81. The second-order valence-corrected chi connectivity index (χ2v) is 4.96. The van der Waals surface area contributed by atoms with E-state index in [1.165, 1.54) is 12.7 Å². The molecule has 0 radical (unpaired) electrons. The van der Waals surface area contributed by atoms with Gasteiger partial charge in [0.1, 0.15) is 5.75 Å². The summed E-state index contributed by atoms with van der Waals surface area (Å²) in [6.07, 6.45) is 0.